The van der Waals surface area contributed by atoms with Gasteiger partial charge in [-0.05, 0) is 0 Å². The second-order valence-electron chi connectivity index (χ2n) is 2.39. The Kier molecular flexibility index (Phi) is 3.00. The van der Waals surface area contributed by atoms with Crippen molar-refractivity contribution in [1.82, 2.24) is 4.98 Å². The Morgan fingerprint density at radius 1 is 1.54 bits per heavy atom. The molecule has 6 heteroatoms. The summed E-state index contributed by atoms with van der Waals surface area (Å²) < 4.78 is 24.8. The number of anilines is 1. The summed E-state index contributed by atoms with van der Waals surface area (Å²) in [6, 6.07) is 0. The van der Waals surface area contributed by atoms with Crippen LogP contribution in [0.2, 0.25) is 5.02 Å². The van der Waals surface area contributed by atoms with Gasteiger partial charge in [-0.1, -0.05) is 11.6 Å². The van der Waals surface area contributed by atoms with E-state index in [0.717, 1.165) is 0 Å². The topological polar surface area (TPSA) is 64.9 Å². The quantitative estimate of drug-likeness (QED) is 0.776. The van der Waals surface area contributed by atoms with E-state index in [-0.39, 0.29) is 28.5 Å². The number of aromatic nitrogens is 1. The summed E-state index contributed by atoms with van der Waals surface area (Å²) in [6.45, 7) is -0.0837. The first-order valence-electron chi connectivity index (χ1n) is 3.49. The van der Waals surface area contributed by atoms with E-state index in [9.17, 15) is 8.78 Å². The standard InChI is InChI=1S/C7H8ClF2N3/c8-6-3(12)2-13-4(1-11)5(6)7(9)10/h2,7H,1,11-12H2. The molecule has 0 radical (unpaired) electrons. The van der Waals surface area contributed by atoms with Gasteiger partial charge in [0.2, 0.25) is 0 Å². The number of rotatable bonds is 2. The van der Waals surface area contributed by atoms with E-state index in [2.05, 4.69) is 4.98 Å². The largest absolute Gasteiger partial charge is 0.396 e. The van der Waals surface area contributed by atoms with Crippen molar-refractivity contribution in [2.24, 2.45) is 5.73 Å². The normalized spacial score (nSPS) is 10.8. The second-order valence-corrected chi connectivity index (χ2v) is 2.77. The number of hydrogen-bond donors (Lipinski definition) is 2. The van der Waals surface area contributed by atoms with Gasteiger partial charge < -0.3 is 11.5 Å². The molecule has 0 atom stereocenters. The minimum atomic E-state index is -2.71. The molecule has 1 heterocycles. The summed E-state index contributed by atoms with van der Waals surface area (Å²) in [4.78, 5) is 3.66. The molecule has 1 aromatic rings. The van der Waals surface area contributed by atoms with Crippen molar-refractivity contribution in [3.8, 4) is 0 Å². The number of pyridine rings is 1. The molecule has 0 aliphatic carbocycles. The first-order valence-corrected chi connectivity index (χ1v) is 3.86. The fourth-order valence-electron chi connectivity index (χ4n) is 0.940. The maximum Gasteiger partial charge on any atom is 0.267 e. The maximum atomic E-state index is 12.4. The first kappa shape index (κ1) is 10.1. The Morgan fingerprint density at radius 3 is 2.62 bits per heavy atom. The van der Waals surface area contributed by atoms with Crippen LogP contribution in [-0.4, -0.2) is 4.98 Å². The smallest absolute Gasteiger partial charge is 0.267 e. The highest BCUT2D eigenvalue weighted by Gasteiger charge is 2.19. The molecule has 0 fully saturated rings. The van der Waals surface area contributed by atoms with Crippen molar-refractivity contribution < 1.29 is 8.78 Å². The molecule has 3 nitrogen and oxygen atoms in total. The number of nitrogens with zero attached hydrogens (tertiary/aromatic N) is 1. The van der Waals surface area contributed by atoms with Crippen LogP contribution in [0.25, 0.3) is 0 Å². The average Bonchev–Trinajstić information content (AvgIpc) is 2.08. The van der Waals surface area contributed by atoms with E-state index >= 15 is 0 Å². The Morgan fingerprint density at radius 2 is 2.15 bits per heavy atom. The third-order valence-corrected chi connectivity index (χ3v) is 1.99. The van der Waals surface area contributed by atoms with Gasteiger partial charge in [-0.25, -0.2) is 8.78 Å². The molecule has 72 valence electrons. The maximum absolute atomic E-state index is 12.4. The van der Waals surface area contributed by atoms with Gasteiger partial charge in [0.05, 0.1) is 28.2 Å². The van der Waals surface area contributed by atoms with Gasteiger partial charge in [-0.15, -0.1) is 0 Å². The summed E-state index contributed by atoms with van der Waals surface area (Å²) in [5.74, 6) is 0. The van der Waals surface area contributed by atoms with E-state index in [1.165, 1.54) is 6.20 Å². The van der Waals surface area contributed by atoms with Crippen molar-refractivity contribution in [3.05, 3.63) is 22.5 Å². The van der Waals surface area contributed by atoms with Crippen LogP contribution in [0.3, 0.4) is 0 Å². The van der Waals surface area contributed by atoms with Crippen LogP contribution in [0.15, 0.2) is 6.20 Å². The van der Waals surface area contributed by atoms with Crippen molar-refractivity contribution >= 4 is 17.3 Å². The van der Waals surface area contributed by atoms with E-state index in [1.807, 2.05) is 0 Å². The number of nitrogens with two attached hydrogens (primary N) is 2. The summed E-state index contributed by atoms with van der Waals surface area (Å²) in [5.41, 5.74) is 10.3. The molecule has 0 unspecified atom stereocenters. The molecule has 0 spiro atoms. The van der Waals surface area contributed by atoms with Crippen molar-refractivity contribution in [1.29, 1.82) is 0 Å². The van der Waals surface area contributed by atoms with Crippen LogP contribution < -0.4 is 11.5 Å². The molecule has 0 aliphatic heterocycles. The zero-order valence-corrected chi connectivity index (χ0v) is 7.35. The lowest BCUT2D eigenvalue weighted by atomic mass is 10.2. The van der Waals surface area contributed by atoms with Crippen molar-refractivity contribution in [2.45, 2.75) is 13.0 Å². The molecule has 1 aromatic heterocycles. The summed E-state index contributed by atoms with van der Waals surface area (Å²) in [6.07, 6.45) is -1.49. The number of nitrogen functional groups attached to an aromatic ring is 1. The SMILES string of the molecule is NCc1ncc(N)c(Cl)c1C(F)F. The predicted octanol–water partition coefficient (Wildman–Crippen LogP) is 1.71. The lowest BCUT2D eigenvalue weighted by molar-refractivity contribution is 0.150. The lowest BCUT2D eigenvalue weighted by Gasteiger charge is -2.09. The average molecular weight is 208 g/mol. The minimum Gasteiger partial charge on any atom is -0.396 e. The minimum absolute atomic E-state index is 0.0363. The molecule has 0 aliphatic rings. The highest BCUT2D eigenvalue weighted by atomic mass is 35.5. The number of alkyl halides is 2. The number of hydrogen-bond acceptors (Lipinski definition) is 3. The van der Waals surface area contributed by atoms with Crippen molar-refractivity contribution in [3.63, 3.8) is 0 Å². The van der Waals surface area contributed by atoms with Crippen LogP contribution in [0.5, 0.6) is 0 Å². The third-order valence-electron chi connectivity index (χ3n) is 1.57. The highest BCUT2D eigenvalue weighted by Crippen LogP contribution is 2.32. The molecule has 0 amide bonds. The third kappa shape index (κ3) is 1.87. The molecule has 0 saturated heterocycles. The Bertz CT molecular complexity index is 317. The fraction of sp³-hybridized carbons (Fsp3) is 0.286. The van der Waals surface area contributed by atoms with E-state index in [1.54, 1.807) is 0 Å². The van der Waals surface area contributed by atoms with Crippen molar-refractivity contribution in [2.75, 3.05) is 5.73 Å². The van der Waals surface area contributed by atoms with Gasteiger partial charge in [-0.2, -0.15) is 0 Å². The molecular formula is C7H8ClF2N3. The van der Waals surface area contributed by atoms with Crippen LogP contribution in [0, 0.1) is 0 Å². The van der Waals surface area contributed by atoms with Crippen LogP contribution in [0.4, 0.5) is 14.5 Å². The predicted molar refractivity (Wildman–Crippen MR) is 46.5 cm³/mol. The Labute approximate surface area is 78.7 Å². The molecule has 0 saturated carbocycles. The zero-order valence-electron chi connectivity index (χ0n) is 6.60. The van der Waals surface area contributed by atoms with E-state index in [0.29, 0.717) is 0 Å². The van der Waals surface area contributed by atoms with Crippen LogP contribution in [-0.2, 0) is 6.54 Å². The fourth-order valence-corrected chi connectivity index (χ4v) is 1.18. The molecule has 4 N–H and O–H groups in total. The van der Waals surface area contributed by atoms with E-state index in [4.69, 9.17) is 23.1 Å². The van der Waals surface area contributed by atoms with Crippen LogP contribution in [0.1, 0.15) is 17.7 Å². The lowest BCUT2D eigenvalue weighted by Crippen LogP contribution is -2.07. The second kappa shape index (κ2) is 3.85. The molecule has 13 heavy (non-hydrogen) atoms. The molecular weight excluding hydrogens is 200 g/mol. The van der Waals surface area contributed by atoms with Gasteiger partial charge >= 0.3 is 0 Å². The monoisotopic (exact) mass is 207 g/mol. The number of halogens is 3. The zero-order chi connectivity index (χ0) is 10.0. The van der Waals surface area contributed by atoms with Gasteiger partial charge in [0, 0.05) is 6.54 Å². The van der Waals surface area contributed by atoms with Gasteiger partial charge in [0.15, 0.2) is 0 Å². The molecule has 0 aromatic carbocycles. The highest BCUT2D eigenvalue weighted by molar-refractivity contribution is 6.33. The summed E-state index contributed by atoms with van der Waals surface area (Å²) >= 11 is 5.57. The Balaban J connectivity index is 3.32. The Hall–Kier alpha value is -0.940. The van der Waals surface area contributed by atoms with E-state index < -0.39 is 6.43 Å². The molecule has 0 bridgehead atoms. The van der Waals surface area contributed by atoms with Gasteiger partial charge in [0.1, 0.15) is 0 Å². The van der Waals surface area contributed by atoms with Gasteiger partial charge in [0.25, 0.3) is 6.43 Å². The summed E-state index contributed by atoms with van der Waals surface area (Å²) in [7, 11) is 0. The van der Waals surface area contributed by atoms with Gasteiger partial charge in [-0.3, -0.25) is 4.98 Å². The van der Waals surface area contributed by atoms with Crippen LogP contribution >= 0.6 is 11.6 Å². The summed E-state index contributed by atoms with van der Waals surface area (Å²) in [5, 5.41) is -0.162. The first-order chi connectivity index (χ1) is 6.07. The molecule has 1 rings (SSSR count).